The molecule has 4 aromatic rings. The summed E-state index contributed by atoms with van der Waals surface area (Å²) in [5.74, 6) is 1.51. The molecule has 0 N–H and O–H groups in total. The fourth-order valence-corrected chi connectivity index (χ4v) is 6.75. The third-order valence-corrected chi connectivity index (χ3v) is 8.90. The van der Waals surface area contributed by atoms with Gasteiger partial charge in [-0.3, -0.25) is 0 Å². The molecule has 0 aliphatic carbocycles. The Kier molecular flexibility index (Phi) is 5.28. The van der Waals surface area contributed by atoms with Gasteiger partial charge in [0.1, 0.15) is 11.5 Å². The number of para-hydroxylation sites is 1. The molecule has 0 saturated carbocycles. The molecular formula is C34H32N2O3. The number of carbonyl (C=O) groups excluding carboxylic acids is 1. The Labute approximate surface area is 229 Å². The van der Waals surface area contributed by atoms with Crippen molar-refractivity contribution in [1.82, 2.24) is 0 Å². The lowest BCUT2D eigenvalue weighted by Gasteiger charge is -2.38. The van der Waals surface area contributed by atoms with Gasteiger partial charge in [0.25, 0.3) is 0 Å². The maximum Gasteiger partial charge on any atom is 0.340 e. The van der Waals surface area contributed by atoms with Gasteiger partial charge in [0.15, 0.2) is 5.60 Å². The van der Waals surface area contributed by atoms with Crippen molar-refractivity contribution >= 4 is 23.0 Å². The molecule has 0 bridgehead atoms. The highest BCUT2D eigenvalue weighted by molar-refractivity contribution is 5.97. The third kappa shape index (κ3) is 3.22. The van der Waals surface area contributed by atoms with Gasteiger partial charge in [-0.25, -0.2) is 4.79 Å². The van der Waals surface area contributed by atoms with Gasteiger partial charge in [0, 0.05) is 64.9 Å². The van der Waals surface area contributed by atoms with E-state index in [2.05, 4.69) is 92.1 Å². The fourth-order valence-electron chi connectivity index (χ4n) is 6.75. The summed E-state index contributed by atoms with van der Waals surface area (Å²) in [5.41, 5.74) is 6.79. The average molecular weight is 517 g/mol. The molecule has 0 radical (unpaired) electrons. The minimum atomic E-state index is -1.08. The molecule has 0 amide bonds. The van der Waals surface area contributed by atoms with E-state index >= 15 is 0 Å². The van der Waals surface area contributed by atoms with Crippen LogP contribution in [0.15, 0.2) is 84.9 Å². The zero-order valence-electron chi connectivity index (χ0n) is 22.8. The highest BCUT2D eigenvalue weighted by Gasteiger charge is 2.54. The Morgan fingerprint density at radius 3 is 2.41 bits per heavy atom. The molecule has 3 aliphatic heterocycles. The first-order chi connectivity index (χ1) is 19.0. The van der Waals surface area contributed by atoms with Crippen LogP contribution >= 0.6 is 0 Å². The van der Waals surface area contributed by atoms with Gasteiger partial charge >= 0.3 is 5.97 Å². The van der Waals surface area contributed by atoms with E-state index in [0.717, 1.165) is 46.9 Å². The van der Waals surface area contributed by atoms with Gasteiger partial charge in [0.05, 0.1) is 5.56 Å². The summed E-state index contributed by atoms with van der Waals surface area (Å²) < 4.78 is 13.0. The van der Waals surface area contributed by atoms with Crippen LogP contribution in [0.3, 0.4) is 0 Å². The van der Waals surface area contributed by atoms with Gasteiger partial charge in [-0.1, -0.05) is 43.3 Å². The summed E-state index contributed by atoms with van der Waals surface area (Å²) >= 11 is 0. The van der Waals surface area contributed by atoms with Crippen molar-refractivity contribution in [2.24, 2.45) is 0 Å². The maximum absolute atomic E-state index is 13.3. The minimum Gasteiger partial charge on any atom is -0.456 e. The molecule has 3 heterocycles. The van der Waals surface area contributed by atoms with Crippen molar-refractivity contribution in [2.45, 2.75) is 45.3 Å². The first kappa shape index (κ1) is 23.8. The van der Waals surface area contributed by atoms with Crippen molar-refractivity contribution in [3.05, 3.63) is 113 Å². The Bertz CT molecular complexity index is 1620. The maximum atomic E-state index is 13.3. The van der Waals surface area contributed by atoms with E-state index in [1.165, 1.54) is 11.3 Å². The summed E-state index contributed by atoms with van der Waals surface area (Å²) in [6.45, 7) is 10.6. The number of hydrogen-bond donors (Lipinski definition) is 0. The van der Waals surface area contributed by atoms with Crippen molar-refractivity contribution in [3.8, 4) is 11.5 Å². The van der Waals surface area contributed by atoms with E-state index in [9.17, 15) is 4.79 Å². The largest absolute Gasteiger partial charge is 0.456 e. The molecule has 4 aromatic carbocycles. The molecule has 3 unspecified atom stereocenters. The second-order valence-electron chi connectivity index (χ2n) is 10.7. The summed E-state index contributed by atoms with van der Waals surface area (Å²) in [6, 6.07) is 29.2. The Hall–Kier alpha value is -4.25. The molecule has 196 valence electrons. The van der Waals surface area contributed by atoms with E-state index in [1.807, 2.05) is 30.3 Å². The molecule has 3 atom stereocenters. The van der Waals surface area contributed by atoms with Crippen molar-refractivity contribution in [1.29, 1.82) is 0 Å². The van der Waals surface area contributed by atoms with Gasteiger partial charge in [-0.05, 0) is 68.8 Å². The molecule has 0 saturated heterocycles. The van der Waals surface area contributed by atoms with E-state index in [-0.39, 0.29) is 12.0 Å². The van der Waals surface area contributed by atoms with Crippen LogP contribution in [0.5, 0.6) is 11.5 Å². The summed E-state index contributed by atoms with van der Waals surface area (Å²) in [6.07, 6.45) is 0. The summed E-state index contributed by atoms with van der Waals surface area (Å²) in [4.78, 5) is 18.0. The Morgan fingerprint density at radius 1 is 0.821 bits per heavy atom. The SMILES string of the molecule is CCN(CC)c1ccc2c(c1)Oc1ccc(N3c4ccccc4C(C)C3C)cc1C21OC(=O)c2ccccc21. The number of carbonyl (C=O) groups is 1. The molecule has 5 heteroatoms. The number of hydrogen-bond acceptors (Lipinski definition) is 5. The van der Waals surface area contributed by atoms with Crippen LogP contribution in [0.2, 0.25) is 0 Å². The zero-order valence-corrected chi connectivity index (χ0v) is 22.8. The summed E-state index contributed by atoms with van der Waals surface area (Å²) in [5, 5.41) is 0. The minimum absolute atomic E-state index is 0.281. The van der Waals surface area contributed by atoms with Crippen molar-refractivity contribution < 1.29 is 14.3 Å². The third-order valence-electron chi connectivity index (χ3n) is 8.90. The standard InChI is InChI=1S/C34H32N2O3/c1-5-35(6-2)23-15-17-28-32(20-23)38-31-18-16-24(36-22(4)21(3)25-11-8-10-14-30(25)36)19-29(31)34(28)27-13-9-7-12-26(27)33(37)39-34/h7-22H,5-6H2,1-4H3. The predicted molar refractivity (Wildman–Crippen MR) is 155 cm³/mol. The van der Waals surface area contributed by atoms with Crippen LogP contribution in [-0.2, 0) is 10.3 Å². The molecule has 7 rings (SSSR count). The first-order valence-electron chi connectivity index (χ1n) is 13.9. The second kappa shape index (κ2) is 8.63. The predicted octanol–water partition coefficient (Wildman–Crippen LogP) is 7.74. The van der Waals surface area contributed by atoms with E-state index in [1.54, 1.807) is 0 Å². The molecule has 39 heavy (non-hydrogen) atoms. The monoisotopic (exact) mass is 516 g/mol. The lowest BCUT2D eigenvalue weighted by Crippen LogP contribution is -2.34. The molecule has 3 aliphatic rings. The van der Waals surface area contributed by atoms with Crippen LogP contribution < -0.4 is 14.5 Å². The zero-order chi connectivity index (χ0) is 26.9. The number of nitrogens with zero attached hydrogens (tertiary/aromatic N) is 2. The van der Waals surface area contributed by atoms with E-state index in [0.29, 0.717) is 17.2 Å². The van der Waals surface area contributed by atoms with Gasteiger partial charge in [0.2, 0.25) is 0 Å². The molecule has 1 spiro atoms. The highest BCUT2D eigenvalue weighted by atomic mass is 16.6. The van der Waals surface area contributed by atoms with Crippen LogP contribution in [-0.4, -0.2) is 25.1 Å². The topological polar surface area (TPSA) is 42.0 Å². The van der Waals surface area contributed by atoms with Crippen LogP contribution in [0.4, 0.5) is 17.1 Å². The molecule has 5 nitrogen and oxygen atoms in total. The van der Waals surface area contributed by atoms with Gasteiger partial charge in [-0.2, -0.15) is 0 Å². The summed E-state index contributed by atoms with van der Waals surface area (Å²) in [7, 11) is 0. The van der Waals surface area contributed by atoms with Gasteiger partial charge in [-0.15, -0.1) is 0 Å². The number of esters is 1. The number of anilines is 3. The number of rotatable bonds is 4. The smallest absolute Gasteiger partial charge is 0.340 e. The number of ether oxygens (including phenoxy) is 2. The number of fused-ring (bicyclic) bond motifs is 7. The molecule has 0 aromatic heterocycles. The van der Waals surface area contributed by atoms with Crippen LogP contribution in [0, 0.1) is 0 Å². The fraction of sp³-hybridized carbons (Fsp3) is 0.265. The van der Waals surface area contributed by atoms with Crippen LogP contribution in [0.1, 0.15) is 66.2 Å². The van der Waals surface area contributed by atoms with Crippen LogP contribution in [0.25, 0.3) is 0 Å². The Balaban J connectivity index is 1.45. The van der Waals surface area contributed by atoms with Gasteiger partial charge < -0.3 is 19.3 Å². The quantitative estimate of drug-likeness (QED) is 0.260. The highest BCUT2D eigenvalue weighted by Crippen LogP contribution is 2.58. The van der Waals surface area contributed by atoms with E-state index in [4.69, 9.17) is 9.47 Å². The van der Waals surface area contributed by atoms with Crippen molar-refractivity contribution in [3.63, 3.8) is 0 Å². The van der Waals surface area contributed by atoms with Crippen molar-refractivity contribution in [2.75, 3.05) is 22.9 Å². The first-order valence-corrected chi connectivity index (χ1v) is 13.9. The lowest BCUT2D eigenvalue weighted by molar-refractivity contribution is 0.0224. The molecular weight excluding hydrogens is 484 g/mol. The average Bonchev–Trinajstić information content (AvgIpc) is 3.40. The lowest BCUT2D eigenvalue weighted by atomic mass is 9.77. The normalized spacial score (nSPS) is 22.1. The Morgan fingerprint density at radius 2 is 1.59 bits per heavy atom. The number of benzene rings is 4. The molecule has 0 fully saturated rings. The second-order valence-corrected chi connectivity index (χ2v) is 10.7. The van der Waals surface area contributed by atoms with E-state index < -0.39 is 5.60 Å².